The Hall–Kier alpha value is -0.340. The maximum atomic E-state index is 3.83. The Morgan fingerprint density at radius 1 is 1.50 bits per heavy atom. The van der Waals surface area contributed by atoms with E-state index in [0.29, 0.717) is 0 Å². The number of nitrogens with one attached hydrogen (secondary N) is 1. The van der Waals surface area contributed by atoms with Crippen molar-refractivity contribution in [2.75, 3.05) is 27.2 Å². The van der Waals surface area contributed by atoms with Gasteiger partial charge in [-0.15, -0.1) is 6.58 Å². The summed E-state index contributed by atoms with van der Waals surface area (Å²) in [6, 6.07) is 0. The topological polar surface area (TPSA) is 15.3 Å². The van der Waals surface area contributed by atoms with Crippen LogP contribution in [0.1, 0.15) is 20.3 Å². The van der Waals surface area contributed by atoms with Crippen molar-refractivity contribution < 1.29 is 0 Å². The van der Waals surface area contributed by atoms with Crippen molar-refractivity contribution in [3.05, 3.63) is 12.7 Å². The first kappa shape index (κ1) is 11.7. The molecule has 0 radical (unpaired) electrons. The van der Waals surface area contributed by atoms with Gasteiger partial charge in [0.05, 0.1) is 0 Å². The van der Waals surface area contributed by atoms with E-state index in [4.69, 9.17) is 0 Å². The molecule has 1 atom stereocenters. The molecule has 0 aliphatic heterocycles. The van der Waals surface area contributed by atoms with Gasteiger partial charge in [0, 0.05) is 18.6 Å². The first-order valence-electron chi connectivity index (χ1n) is 4.57. The molecule has 0 fully saturated rings. The van der Waals surface area contributed by atoms with Crippen LogP contribution in [0.3, 0.4) is 0 Å². The molecule has 0 aromatic carbocycles. The molecule has 0 spiro atoms. The van der Waals surface area contributed by atoms with Crippen molar-refractivity contribution in [2.24, 2.45) is 0 Å². The Morgan fingerprint density at radius 3 is 2.42 bits per heavy atom. The third-order valence-corrected chi connectivity index (χ3v) is 2.27. The maximum absolute atomic E-state index is 3.83. The van der Waals surface area contributed by atoms with Gasteiger partial charge in [0.15, 0.2) is 0 Å². The SMILES string of the molecule is C=CC(C)(CC)NCCN(C)C. The molecule has 0 bridgehead atoms. The van der Waals surface area contributed by atoms with Crippen LogP contribution < -0.4 is 5.32 Å². The number of likely N-dealkylation sites (N-methyl/N-ethyl adjacent to an activating group) is 1. The Kier molecular flexibility index (Phi) is 5.18. The summed E-state index contributed by atoms with van der Waals surface area (Å²) >= 11 is 0. The van der Waals surface area contributed by atoms with Crippen molar-refractivity contribution in [2.45, 2.75) is 25.8 Å². The molecular formula is C10H22N2. The molecule has 2 heteroatoms. The molecule has 0 aliphatic rings. The van der Waals surface area contributed by atoms with Gasteiger partial charge in [-0.05, 0) is 27.4 Å². The fourth-order valence-corrected chi connectivity index (χ4v) is 0.907. The number of rotatable bonds is 6. The highest BCUT2D eigenvalue weighted by Gasteiger charge is 2.15. The van der Waals surface area contributed by atoms with Gasteiger partial charge in [-0.25, -0.2) is 0 Å². The summed E-state index contributed by atoms with van der Waals surface area (Å²) in [5.41, 5.74) is 0.107. The lowest BCUT2D eigenvalue weighted by molar-refractivity contribution is 0.355. The molecule has 0 aromatic heterocycles. The van der Waals surface area contributed by atoms with E-state index in [1.807, 2.05) is 6.08 Å². The number of hydrogen-bond acceptors (Lipinski definition) is 2. The minimum Gasteiger partial charge on any atom is -0.308 e. The summed E-state index contributed by atoms with van der Waals surface area (Å²) in [6.45, 7) is 10.3. The normalized spacial score (nSPS) is 16.1. The van der Waals surface area contributed by atoms with Crippen LogP contribution in [0, 0.1) is 0 Å². The first-order chi connectivity index (χ1) is 5.54. The molecule has 0 amide bonds. The number of hydrogen-bond donors (Lipinski definition) is 1. The van der Waals surface area contributed by atoms with Gasteiger partial charge in [0.25, 0.3) is 0 Å². The molecule has 1 unspecified atom stereocenters. The lowest BCUT2D eigenvalue weighted by atomic mass is 9.99. The van der Waals surface area contributed by atoms with E-state index in [1.165, 1.54) is 0 Å². The lowest BCUT2D eigenvalue weighted by Crippen LogP contribution is -2.42. The summed E-state index contributed by atoms with van der Waals surface area (Å²) in [4.78, 5) is 2.17. The second-order valence-corrected chi connectivity index (χ2v) is 3.71. The highest BCUT2D eigenvalue weighted by atomic mass is 15.1. The van der Waals surface area contributed by atoms with Gasteiger partial charge < -0.3 is 10.2 Å². The van der Waals surface area contributed by atoms with E-state index in [1.54, 1.807) is 0 Å². The van der Waals surface area contributed by atoms with Crippen molar-refractivity contribution in [3.63, 3.8) is 0 Å². The Morgan fingerprint density at radius 2 is 2.08 bits per heavy atom. The van der Waals surface area contributed by atoms with E-state index < -0.39 is 0 Å². The molecule has 0 saturated heterocycles. The van der Waals surface area contributed by atoms with Crippen molar-refractivity contribution in [3.8, 4) is 0 Å². The lowest BCUT2D eigenvalue weighted by Gasteiger charge is -2.26. The predicted octanol–water partition coefficient (Wildman–Crippen LogP) is 1.49. The Balaban J connectivity index is 3.66. The molecule has 0 aliphatic carbocycles. The van der Waals surface area contributed by atoms with Crippen LogP contribution in [0.2, 0.25) is 0 Å². The van der Waals surface area contributed by atoms with Gasteiger partial charge >= 0.3 is 0 Å². The average molecular weight is 170 g/mol. The van der Waals surface area contributed by atoms with E-state index in [2.05, 4.69) is 44.7 Å². The first-order valence-corrected chi connectivity index (χ1v) is 4.57. The van der Waals surface area contributed by atoms with Crippen LogP contribution in [-0.2, 0) is 0 Å². The minimum atomic E-state index is 0.107. The van der Waals surface area contributed by atoms with Gasteiger partial charge in [-0.3, -0.25) is 0 Å². The van der Waals surface area contributed by atoms with Crippen LogP contribution in [0.25, 0.3) is 0 Å². The standard InChI is InChI=1S/C10H22N2/c1-6-10(3,7-2)11-8-9-12(4)5/h6,11H,1,7-9H2,2-5H3. The highest BCUT2D eigenvalue weighted by Crippen LogP contribution is 2.08. The van der Waals surface area contributed by atoms with Gasteiger partial charge in [0.1, 0.15) is 0 Å². The van der Waals surface area contributed by atoms with Crippen molar-refractivity contribution >= 4 is 0 Å². The molecule has 1 N–H and O–H groups in total. The minimum absolute atomic E-state index is 0.107. The van der Waals surface area contributed by atoms with E-state index in [-0.39, 0.29) is 5.54 Å². The maximum Gasteiger partial charge on any atom is 0.0331 e. The van der Waals surface area contributed by atoms with Crippen LogP contribution >= 0.6 is 0 Å². The highest BCUT2D eigenvalue weighted by molar-refractivity contribution is 4.98. The summed E-state index contributed by atoms with van der Waals surface area (Å²) in [5.74, 6) is 0. The molecular weight excluding hydrogens is 148 g/mol. The molecule has 12 heavy (non-hydrogen) atoms. The molecule has 0 saturated carbocycles. The van der Waals surface area contributed by atoms with Gasteiger partial charge in [-0.2, -0.15) is 0 Å². The summed E-state index contributed by atoms with van der Waals surface area (Å²) in [5, 5.41) is 3.47. The summed E-state index contributed by atoms with van der Waals surface area (Å²) in [6.07, 6.45) is 3.08. The molecule has 0 rings (SSSR count). The average Bonchev–Trinajstić information content (AvgIpc) is 2.03. The largest absolute Gasteiger partial charge is 0.308 e. The second-order valence-electron chi connectivity index (χ2n) is 3.71. The van der Waals surface area contributed by atoms with Crippen molar-refractivity contribution in [1.82, 2.24) is 10.2 Å². The summed E-state index contributed by atoms with van der Waals surface area (Å²) in [7, 11) is 4.16. The van der Waals surface area contributed by atoms with Crippen LogP contribution in [0.15, 0.2) is 12.7 Å². The summed E-state index contributed by atoms with van der Waals surface area (Å²) < 4.78 is 0. The van der Waals surface area contributed by atoms with Crippen LogP contribution in [0.4, 0.5) is 0 Å². The smallest absolute Gasteiger partial charge is 0.0331 e. The van der Waals surface area contributed by atoms with Crippen molar-refractivity contribution in [1.29, 1.82) is 0 Å². The zero-order chi connectivity index (χ0) is 9.61. The molecule has 2 nitrogen and oxygen atoms in total. The quantitative estimate of drug-likeness (QED) is 0.608. The number of nitrogens with zero attached hydrogens (tertiary/aromatic N) is 1. The Labute approximate surface area is 76.6 Å². The monoisotopic (exact) mass is 170 g/mol. The zero-order valence-electron chi connectivity index (χ0n) is 8.85. The third kappa shape index (κ3) is 4.52. The predicted molar refractivity (Wildman–Crippen MR) is 55.4 cm³/mol. The third-order valence-electron chi connectivity index (χ3n) is 2.27. The zero-order valence-corrected chi connectivity index (χ0v) is 8.85. The van der Waals surface area contributed by atoms with Gasteiger partial charge in [-0.1, -0.05) is 13.0 Å². The van der Waals surface area contributed by atoms with Crippen LogP contribution in [-0.4, -0.2) is 37.6 Å². The van der Waals surface area contributed by atoms with Crippen LogP contribution in [0.5, 0.6) is 0 Å². The van der Waals surface area contributed by atoms with E-state index in [9.17, 15) is 0 Å². The second kappa shape index (κ2) is 5.33. The molecule has 72 valence electrons. The Bertz CT molecular complexity index is 132. The van der Waals surface area contributed by atoms with E-state index in [0.717, 1.165) is 19.5 Å². The molecule has 0 heterocycles. The fourth-order valence-electron chi connectivity index (χ4n) is 0.907. The van der Waals surface area contributed by atoms with E-state index >= 15 is 0 Å². The van der Waals surface area contributed by atoms with Gasteiger partial charge in [0.2, 0.25) is 0 Å². The molecule has 0 aromatic rings. The fraction of sp³-hybridized carbons (Fsp3) is 0.800.